The minimum Gasteiger partial charge on any atom is -0.326 e. The first-order chi connectivity index (χ1) is 9.83. The van der Waals surface area contributed by atoms with Gasteiger partial charge in [-0.05, 0) is 33.8 Å². The molecular formula is C17H13NOS. The first-order valence-corrected chi connectivity index (χ1v) is 7.56. The van der Waals surface area contributed by atoms with Gasteiger partial charge in [0, 0.05) is 22.9 Å². The Hall–Kier alpha value is -2.13. The molecule has 0 fully saturated rings. The minimum atomic E-state index is 0.103. The van der Waals surface area contributed by atoms with E-state index in [0.717, 1.165) is 5.69 Å². The highest BCUT2D eigenvalue weighted by Gasteiger charge is 2.28. The third kappa shape index (κ3) is 1.74. The normalized spacial score (nSPS) is 17.8. The predicted molar refractivity (Wildman–Crippen MR) is 83.4 cm³/mol. The van der Waals surface area contributed by atoms with Gasteiger partial charge in [0.05, 0.1) is 0 Å². The number of thiophene rings is 1. The topological polar surface area (TPSA) is 29.1 Å². The van der Waals surface area contributed by atoms with Crippen molar-refractivity contribution in [1.82, 2.24) is 0 Å². The summed E-state index contributed by atoms with van der Waals surface area (Å²) in [6.45, 7) is 0. The first-order valence-electron chi connectivity index (χ1n) is 6.68. The number of carbonyl (C=O) groups is 1. The molecule has 98 valence electrons. The van der Waals surface area contributed by atoms with Gasteiger partial charge in [-0.2, -0.15) is 0 Å². The van der Waals surface area contributed by atoms with Gasteiger partial charge in [-0.3, -0.25) is 4.79 Å². The number of anilines is 1. The molecule has 0 saturated carbocycles. The highest BCUT2D eigenvalue weighted by Crippen LogP contribution is 2.42. The molecule has 2 aromatic carbocycles. The summed E-state index contributed by atoms with van der Waals surface area (Å²) < 4.78 is 0. The summed E-state index contributed by atoms with van der Waals surface area (Å²) in [7, 11) is 0. The van der Waals surface area contributed by atoms with Crippen molar-refractivity contribution >= 4 is 33.7 Å². The molecule has 3 heteroatoms. The van der Waals surface area contributed by atoms with E-state index in [1.54, 1.807) is 11.3 Å². The third-order valence-corrected chi connectivity index (χ3v) is 4.86. The lowest BCUT2D eigenvalue weighted by Crippen LogP contribution is -2.23. The van der Waals surface area contributed by atoms with E-state index in [2.05, 4.69) is 53.2 Å². The summed E-state index contributed by atoms with van der Waals surface area (Å²) in [5.41, 5.74) is 2.21. The number of carbonyl (C=O) groups excluding carboxylic acids is 1. The lowest BCUT2D eigenvalue weighted by Gasteiger charge is -2.26. The van der Waals surface area contributed by atoms with Gasteiger partial charge >= 0.3 is 0 Å². The summed E-state index contributed by atoms with van der Waals surface area (Å²) in [5, 5.41) is 7.55. The SMILES string of the molecule is O=C1C[C@@H](c2cccs2)c2c(ccc3ccccc23)N1. The standard InChI is InChI=1S/C17H13NOS/c19-16-10-13(15-6-3-9-20-15)17-12-5-2-1-4-11(12)7-8-14(17)18-16/h1-9,13H,10H2,(H,18,19)/t13-/m0/s1. The van der Waals surface area contributed by atoms with Crippen molar-refractivity contribution in [2.45, 2.75) is 12.3 Å². The van der Waals surface area contributed by atoms with E-state index in [1.807, 2.05) is 6.07 Å². The average Bonchev–Trinajstić information content (AvgIpc) is 3.00. The molecule has 1 N–H and O–H groups in total. The van der Waals surface area contributed by atoms with Crippen LogP contribution in [0.5, 0.6) is 0 Å². The van der Waals surface area contributed by atoms with Gasteiger partial charge in [0.2, 0.25) is 5.91 Å². The van der Waals surface area contributed by atoms with E-state index in [0.29, 0.717) is 6.42 Å². The Labute approximate surface area is 121 Å². The van der Waals surface area contributed by atoms with Crippen LogP contribution >= 0.6 is 11.3 Å². The molecule has 2 nitrogen and oxygen atoms in total. The van der Waals surface area contributed by atoms with Crippen molar-refractivity contribution in [1.29, 1.82) is 0 Å². The number of amides is 1. The lowest BCUT2D eigenvalue weighted by atomic mass is 9.85. The predicted octanol–water partition coefficient (Wildman–Crippen LogP) is 4.38. The van der Waals surface area contributed by atoms with Crippen molar-refractivity contribution in [3.63, 3.8) is 0 Å². The molecule has 0 bridgehead atoms. The van der Waals surface area contributed by atoms with Crippen molar-refractivity contribution in [2.24, 2.45) is 0 Å². The highest BCUT2D eigenvalue weighted by molar-refractivity contribution is 7.10. The van der Waals surface area contributed by atoms with E-state index < -0.39 is 0 Å². The van der Waals surface area contributed by atoms with Crippen molar-refractivity contribution in [2.75, 3.05) is 5.32 Å². The van der Waals surface area contributed by atoms with E-state index in [1.165, 1.54) is 21.2 Å². The van der Waals surface area contributed by atoms with Crippen LogP contribution in [0.3, 0.4) is 0 Å². The number of benzene rings is 2. The van der Waals surface area contributed by atoms with Crippen LogP contribution in [0.2, 0.25) is 0 Å². The Morgan fingerprint density at radius 2 is 1.95 bits per heavy atom. The zero-order valence-corrected chi connectivity index (χ0v) is 11.6. The Kier molecular flexibility index (Phi) is 2.60. The van der Waals surface area contributed by atoms with Gasteiger partial charge in [-0.1, -0.05) is 36.4 Å². The lowest BCUT2D eigenvalue weighted by molar-refractivity contribution is -0.116. The van der Waals surface area contributed by atoms with Crippen LogP contribution in [0.1, 0.15) is 22.8 Å². The Morgan fingerprint density at radius 3 is 2.80 bits per heavy atom. The number of hydrogen-bond donors (Lipinski definition) is 1. The summed E-state index contributed by atoms with van der Waals surface area (Å²) in [6.07, 6.45) is 0.529. The van der Waals surface area contributed by atoms with E-state index in [9.17, 15) is 4.79 Å². The molecule has 1 amide bonds. The molecule has 1 aliphatic heterocycles. The average molecular weight is 279 g/mol. The van der Waals surface area contributed by atoms with Gasteiger partial charge in [0.1, 0.15) is 0 Å². The molecule has 0 unspecified atom stereocenters. The molecule has 0 radical (unpaired) electrons. The second-order valence-electron chi connectivity index (χ2n) is 5.07. The summed E-state index contributed by atoms with van der Waals surface area (Å²) in [6, 6.07) is 16.7. The molecular weight excluding hydrogens is 266 g/mol. The van der Waals surface area contributed by atoms with Crippen LogP contribution in [0.4, 0.5) is 5.69 Å². The maximum Gasteiger partial charge on any atom is 0.225 e. The zero-order chi connectivity index (χ0) is 13.5. The maximum atomic E-state index is 12.0. The molecule has 0 spiro atoms. The molecule has 1 atom stereocenters. The van der Waals surface area contributed by atoms with E-state index >= 15 is 0 Å². The van der Waals surface area contributed by atoms with Gasteiger partial charge in [0.25, 0.3) is 0 Å². The fourth-order valence-corrected chi connectivity index (χ4v) is 3.84. The third-order valence-electron chi connectivity index (χ3n) is 3.87. The first kappa shape index (κ1) is 11.7. The van der Waals surface area contributed by atoms with Crippen LogP contribution in [0.15, 0.2) is 53.9 Å². The zero-order valence-electron chi connectivity index (χ0n) is 10.8. The van der Waals surface area contributed by atoms with Gasteiger partial charge < -0.3 is 5.32 Å². The highest BCUT2D eigenvalue weighted by atomic mass is 32.1. The second kappa shape index (κ2) is 4.46. The fourth-order valence-electron chi connectivity index (χ4n) is 3.00. The monoisotopic (exact) mass is 279 g/mol. The number of fused-ring (bicyclic) bond motifs is 3. The molecule has 0 aliphatic carbocycles. The van der Waals surface area contributed by atoms with Crippen molar-refractivity contribution in [3.8, 4) is 0 Å². The van der Waals surface area contributed by atoms with Crippen LogP contribution in [0, 0.1) is 0 Å². The molecule has 1 aliphatic rings. The molecule has 0 saturated heterocycles. The van der Waals surface area contributed by atoms with Gasteiger partial charge in [-0.25, -0.2) is 0 Å². The summed E-state index contributed by atoms with van der Waals surface area (Å²) in [4.78, 5) is 13.2. The Morgan fingerprint density at radius 1 is 1.05 bits per heavy atom. The Bertz CT molecular complexity index is 792. The molecule has 20 heavy (non-hydrogen) atoms. The summed E-state index contributed by atoms with van der Waals surface area (Å²) >= 11 is 1.72. The van der Waals surface area contributed by atoms with Crippen molar-refractivity contribution in [3.05, 3.63) is 64.4 Å². The number of nitrogens with one attached hydrogen (secondary N) is 1. The van der Waals surface area contributed by atoms with Gasteiger partial charge in [-0.15, -0.1) is 11.3 Å². The van der Waals surface area contributed by atoms with Crippen LogP contribution in [0.25, 0.3) is 10.8 Å². The smallest absolute Gasteiger partial charge is 0.225 e. The van der Waals surface area contributed by atoms with E-state index in [-0.39, 0.29) is 11.8 Å². The molecule has 3 aromatic rings. The fraction of sp³-hybridized carbons (Fsp3) is 0.118. The van der Waals surface area contributed by atoms with Crippen molar-refractivity contribution < 1.29 is 4.79 Å². The Balaban J connectivity index is 2.02. The maximum absolute atomic E-state index is 12.0. The number of rotatable bonds is 1. The molecule has 2 heterocycles. The quantitative estimate of drug-likeness (QED) is 0.704. The second-order valence-corrected chi connectivity index (χ2v) is 6.05. The molecule has 1 aromatic heterocycles. The van der Waals surface area contributed by atoms with Crippen LogP contribution in [-0.4, -0.2) is 5.91 Å². The van der Waals surface area contributed by atoms with Crippen LogP contribution in [-0.2, 0) is 4.79 Å². The van der Waals surface area contributed by atoms with Gasteiger partial charge in [0.15, 0.2) is 0 Å². The minimum absolute atomic E-state index is 0.103. The number of hydrogen-bond acceptors (Lipinski definition) is 2. The van der Waals surface area contributed by atoms with Crippen LogP contribution < -0.4 is 5.32 Å². The summed E-state index contributed by atoms with van der Waals surface area (Å²) in [5.74, 6) is 0.274. The van der Waals surface area contributed by atoms with E-state index in [4.69, 9.17) is 0 Å². The molecule has 4 rings (SSSR count). The largest absolute Gasteiger partial charge is 0.326 e.